The van der Waals surface area contributed by atoms with Crippen LogP contribution in [0.5, 0.6) is 0 Å². The number of unbranched alkanes of at least 4 members (excludes halogenated alkanes) is 28. The number of aliphatic hydroxyl groups is 8. The zero-order valence-electron chi connectivity index (χ0n) is 44.0. The van der Waals surface area contributed by atoms with Crippen molar-refractivity contribution in [2.75, 3.05) is 19.8 Å². The number of hydrogen-bond donors (Lipinski definition) is 9. The molecule has 2 rings (SSSR count). The van der Waals surface area contributed by atoms with Gasteiger partial charge in [0.1, 0.15) is 48.8 Å². The van der Waals surface area contributed by atoms with E-state index in [1.807, 2.05) is 0 Å². The summed E-state index contributed by atoms with van der Waals surface area (Å²) in [6.45, 7) is 2.80. The van der Waals surface area contributed by atoms with Gasteiger partial charge in [-0.2, -0.15) is 0 Å². The van der Waals surface area contributed by atoms with E-state index in [-0.39, 0.29) is 12.5 Å². The standard InChI is InChI=1S/C56H105NO13/c1-3-5-7-9-11-12-13-14-15-16-17-18-19-20-21-22-23-24-25-26-27-28-29-30-31-32-34-36-38-40-48(61)57-44(45(60)39-37-35-33-10-8-6-4-2)43-67-55-53(66)51(64)54(47(42-59)69-55)70-56-52(65)50(63)49(62)46(41-58)68-56/h13-14,16-17,44-47,49-56,58-60,62-66H,3-12,15,18-43H2,1-2H3,(H,57,61)/b14-13-,17-16-. The Morgan fingerprint density at radius 1 is 0.514 bits per heavy atom. The lowest BCUT2D eigenvalue weighted by atomic mass is 9.97. The molecule has 1 amide bonds. The third-order valence-electron chi connectivity index (χ3n) is 14.2. The van der Waals surface area contributed by atoms with E-state index in [2.05, 4.69) is 43.5 Å². The van der Waals surface area contributed by atoms with Gasteiger partial charge < -0.3 is 65.1 Å². The summed E-state index contributed by atoms with van der Waals surface area (Å²) in [6.07, 6.45) is 32.3. The molecular weight excluding hydrogens is 895 g/mol. The number of nitrogens with one attached hydrogen (secondary N) is 1. The van der Waals surface area contributed by atoms with E-state index in [9.17, 15) is 45.6 Å². The Balaban J connectivity index is 1.61. The zero-order valence-corrected chi connectivity index (χ0v) is 44.0. The van der Waals surface area contributed by atoms with Crippen LogP contribution in [0.15, 0.2) is 24.3 Å². The van der Waals surface area contributed by atoms with Gasteiger partial charge in [0, 0.05) is 6.42 Å². The van der Waals surface area contributed by atoms with Gasteiger partial charge in [0.05, 0.1) is 32.0 Å². The molecule has 9 N–H and O–H groups in total. The van der Waals surface area contributed by atoms with Gasteiger partial charge in [-0.25, -0.2) is 0 Å². The van der Waals surface area contributed by atoms with Crippen LogP contribution in [0.25, 0.3) is 0 Å². The lowest BCUT2D eigenvalue weighted by molar-refractivity contribution is -0.359. The maximum Gasteiger partial charge on any atom is 0.220 e. The summed E-state index contributed by atoms with van der Waals surface area (Å²) in [4.78, 5) is 13.2. The van der Waals surface area contributed by atoms with E-state index in [4.69, 9.17) is 18.9 Å². The second-order valence-corrected chi connectivity index (χ2v) is 20.4. The normalized spacial score (nSPS) is 26.1. The summed E-state index contributed by atoms with van der Waals surface area (Å²) < 4.78 is 22.7. The highest BCUT2D eigenvalue weighted by Crippen LogP contribution is 2.30. The van der Waals surface area contributed by atoms with Gasteiger partial charge in [-0.1, -0.05) is 205 Å². The number of carbonyl (C=O) groups excluding carboxylic acids is 1. The summed E-state index contributed by atoms with van der Waals surface area (Å²) in [5.74, 6) is -0.209. The fourth-order valence-electron chi connectivity index (χ4n) is 9.50. The second-order valence-electron chi connectivity index (χ2n) is 20.4. The molecule has 0 aliphatic carbocycles. The maximum absolute atomic E-state index is 13.2. The SMILES string of the molecule is CCCCCCC/C=C\C/C=C\CCCCCCCCCCCCCCCCCCCC(=O)NC(COC1OC(CO)C(OC2OC(CO)C(O)C(O)C2O)C(O)C1O)C(O)CCCCCCCCC. The molecular formula is C56H105NO13. The Bertz CT molecular complexity index is 1270. The molecule has 412 valence electrons. The minimum Gasteiger partial charge on any atom is -0.394 e. The molecule has 0 radical (unpaired) electrons. The van der Waals surface area contributed by atoms with E-state index in [1.165, 1.54) is 148 Å². The van der Waals surface area contributed by atoms with E-state index >= 15 is 0 Å². The van der Waals surface area contributed by atoms with Crippen LogP contribution in [0, 0.1) is 0 Å². The number of rotatable bonds is 45. The number of amides is 1. The van der Waals surface area contributed by atoms with Crippen molar-refractivity contribution >= 4 is 5.91 Å². The number of carbonyl (C=O) groups is 1. The molecule has 0 spiro atoms. The van der Waals surface area contributed by atoms with Crippen molar-refractivity contribution in [3.05, 3.63) is 24.3 Å². The van der Waals surface area contributed by atoms with Crippen molar-refractivity contribution in [2.24, 2.45) is 0 Å². The molecule has 0 saturated carbocycles. The van der Waals surface area contributed by atoms with Crippen LogP contribution in [0.3, 0.4) is 0 Å². The van der Waals surface area contributed by atoms with E-state index < -0.39 is 86.8 Å². The van der Waals surface area contributed by atoms with Crippen molar-refractivity contribution in [1.29, 1.82) is 0 Å². The lowest BCUT2D eigenvalue weighted by Crippen LogP contribution is -2.65. The number of hydrogen-bond acceptors (Lipinski definition) is 13. The average Bonchev–Trinajstić information content (AvgIpc) is 3.36. The highest BCUT2D eigenvalue weighted by atomic mass is 16.7. The minimum absolute atomic E-state index is 0.209. The molecule has 2 aliphatic heterocycles. The van der Waals surface area contributed by atoms with Crippen LogP contribution in [-0.4, -0.2) is 140 Å². The third-order valence-corrected chi connectivity index (χ3v) is 14.2. The van der Waals surface area contributed by atoms with E-state index in [0.29, 0.717) is 12.8 Å². The molecule has 70 heavy (non-hydrogen) atoms. The third kappa shape index (κ3) is 28.8. The Hall–Kier alpha value is -1.53. The first-order valence-electron chi connectivity index (χ1n) is 28.6. The summed E-state index contributed by atoms with van der Waals surface area (Å²) in [5.41, 5.74) is 0. The highest BCUT2D eigenvalue weighted by Gasteiger charge is 2.51. The van der Waals surface area contributed by atoms with Gasteiger partial charge in [-0.15, -0.1) is 0 Å². The van der Waals surface area contributed by atoms with Gasteiger partial charge in [-0.3, -0.25) is 4.79 Å². The van der Waals surface area contributed by atoms with Crippen LogP contribution in [0.1, 0.15) is 232 Å². The molecule has 14 heteroatoms. The maximum atomic E-state index is 13.2. The smallest absolute Gasteiger partial charge is 0.220 e. The molecule has 2 saturated heterocycles. The van der Waals surface area contributed by atoms with Gasteiger partial charge in [0.2, 0.25) is 5.91 Å². The van der Waals surface area contributed by atoms with Crippen LogP contribution < -0.4 is 5.32 Å². The van der Waals surface area contributed by atoms with Crippen molar-refractivity contribution in [1.82, 2.24) is 5.32 Å². The first-order valence-corrected chi connectivity index (χ1v) is 28.6. The zero-order chi connectivity index (χ0) is 51.0. The molecule has 12 atom stereocenters. The molecule has 2 fully saturated rings. The molecule has 0 aromatic carbocycles. The minimum atomic E-state index is -1.78. The molecule has 12 unspecified atom stereocenters. The fraction of sp³-hybridized carbons (Fsp3) is 0.911. The summed E-state index contributed by atoms with van der Waals surface area (Å²) in [5, 5.41) is 86.7. The molecule has 2 heterocycles. The van der Waals surface area contributed by atoms with Gasteiger partial charge >= 0.3 is 0 Å². The van der Waals surface area contributed by atoms with Gasteiger partial charge in [-0.05, 0) is 44.9 Å². The summed E-state index contributed by atoms with van der Waals surface area (Å²) in [7, 11) is 0. The fourth-order valence-corrected chi connectivity index (χ4v) is 9.50. The largest absolute Gasteiger partial charge is 0.394 e. The van der Waals surface area contributed by atoms with Crippen molar-refractivity contribution in [3.8, 4) is 0 Å². The van der Waals surface area contributed by atoms with Crippen molar-refractivity contribution in [2.45, 2.75) is 306 Å². The number of ether oxygens (including phenoxy) is 4. The average molecular weight is 1000 g/mol. The second kappa shape index (κ2) is 42.8. The van der Waals surface area contributed by atoms with Crippen LogP contribution in [-0.2, 0) is 23.7 Å². The Morgan fingerprint density at radius 3 is 1.43 bits per heavy atom. The molecule has 0 aromatic heterocycles. The Kier molecular flexibility index (Phi) is 39.5. The summed E-state index contributed by atoms with van der Waals surface area (Å²) >= 11 is 0. The van der Waals surface area contributed by atoms with E-state index in [1.54, 1.807) is 0 Å². The number of aliphatic hydroxyl groups excluding tert-OH is 8. The molecule has 0 bridgehead atoms. The summed E-state index contributed by atoms with van der Waals surface area (Å²) in [6, 6.07) is -0.823. The number of allylic oxidation sites excluding steroid dienone is 4. The molecule has 2 aliphatic rings. The Morgan fingerprint density at radius 2 is 0.943 bits per heavy atom. The van der Waals surface area contributed by atoms with Crippen LogP contribution in [0.2, 0.25) is 0 Å². The van der Waals surface area contributed by atoms with Gasteiger partial charge in [0.15, 0.2) is 12.6 Å². The molecule has 0 aromatic rings. The van der Waals surface area contributed by atoms with Gasteiger partial charge in [0.25, 0.3) is 0 Å². The predicted octanol–water partition coefficient (Wildman–Crippen LogP) is 8.89. The Labute approximate surface area is 424 Å². The topological polar surface area (TPSA) is 228 Å². The molecule has 14 nitrogen and oxygen atoms in total. The monoisotopic (exact) mass is 1000 g/mol. The van der Waals surface area contributed by atoms with Crippen molar-refractivity contribution in [3.63, 3.8) is 0 Å². The first kappa shape index (κ1) is 64.6. The van der Waals surface area contributed by atoms with Crippen LogP contribution in [0.4, 0.5) is 0 Å². The van der Waals surface area contributed by atoms with E-state index in [0.717, 1.165) is 57.8 Å². The predicted molar refractivity (Wildman–Crippen MR) is 277 cm³/mol. The van der Waals surface area contributed by atoms with Crippen molar-refractivity contribution < 1.29 is 64.6 Å². The highest BCUT2D eigenvalue weighted by molar-refractivity contribution is 5.76. The quantitative estimate of drug-likeness (QED) is 0.0205. The van der Waals surface area contributed by atoms with Crippen LogP contribution >= 0.6 is 0 Å². The first-order chi connectivity index (χ1) is 34.1. The lowest BCUT2D eigenvalue weighted by Gasteiger charge is -2.46.